The summed E-state index contributed by atoms with van der Waals surface area (Å²) in [5.74, 6) is 0. The van der Waals surface area contributed by atoms with Crippen molar-refractivity contribution in [3.8, 4) is 6.07 Å². The molecule has 2 fully saturated rings. The molecule has 3 rings (SSSR count). The van der Waals surface area contributed by atoms with Gasteiger partial charge in [-0.05, 0) is 37.2 Å². The molecular weight excluding hydrogens is 230 g/mol. The number of nitriles is 1. The van der Waals surface area contributed by atoms with Gasteiger partial charge in [-0.3, -0.25) is 4.90 Å². The Balaban J connectivity index is 1.90. The van der Waals surface area contributed by atoms with E-state index < -0.39 is 0 Å². The van der Waals surface area contributed by atoms with Crippen LogP contribution in [0.2, 0.25) is 0 Å². The quantitative estimate of drug-likeness (QED) is 0.806. The van der Waals surface area contributed by atoms with E-state index in [1.165, 1.54) is 0 Å². The number of carbonyl (C=O) groups is 1. The lowest BCUT2D eigenvalue weighted by Gasteiger charge is -2.28. The van der Waals surface area contributed by atoms with E-state index in [0.717, 1.165) is 25.2 Å². The molecule has 2 unspecified atom stereocenters. The van der Waals surface area contributed by atoms with Crippen LogP contribution in [0.15, 0.2) is 24.3 Å². The number of amides is 1. The van der Waals surface area contributed by atoms with Crippen molar-refractivity contribution in [3.05, 3.63) is 29.8 Å². The fourth-order valence-corrected chi connectivity index (χ4v) is 2.53. The predicted octanol–water partition coefficient (Wildman–Crippen LogP) is 1.25. The van der Waals surface area contributed by atoms with Crippen molar-refractivity contribution >= 4 is 11.8 Å². The Morgan fingerprint density at radius 3 is 2.89 bits per heavy atom. The summed E-state index contributed by atoms with van der Waals surface area (Å²) in [4.78, 5) is 13.6. The highest BCUT2D eigenvalue weighted by molar-refractivity contribution is 5.90. The van der Waals surface area contributed by atoms with Gasteiger partial charge in [-0.15, -0.1) is 0 Å². The molecule has 92 valence electrons. The highest BCUT2D eigenvalue weighted by atomic mass is 16.6. The minimum atomic E-state index is -0.293. The summed E-state index contributed by atoms with van der Waals surface area (Å²) >= 11 is 0. The molecule has 1 N–H and O–H groups in total. The normalized spacial score (nSPS) is 26.4. The monoisotopic (exact) mass is 243 g/mol. The highest BCUT2D eigenvalue weighted by Crippen LogP contribution is 2.29. The number of benzene rings is 1. The van der Waals surface area contributed by atoms with Crippen LogP contribution in [0.25, 0.3) is 0 Å². The number of rotatable bonds is 1. The van der Waals surface area contributed by atoms with Crippen LogP contribution in [0, 0.1) is 11.3 Å². The molecule has 0 aliphatic carbocycles. The number of nitrogens with one attached hydrogen (secondary N) is 1. The minimum absolute atomic E-state index is 0.0191. The van der Waals surface area contributed by atoms with Crippen molar-refractivity contribution in [1.29, 1.82) is 5.26 Å². The molecule has 5 heteroatoms. The lowest BCUT2D eigenvalue weighted by atomic mass is 10.0. The van der Waals surface area contributed by atoms with E-state index in [1.54, 1.807) is 29.2 Å². The minimum Gasteiger partial charge on any atom is -0.444 e. The fourth-order valence-electron chi connectivity index (χ4n) is 2.53. The summed E-state index contributed by atoms with van der Waals surface area (Å²) in [5.41, 5.74) is 1.37. The van der Waals surface area contributed by atoms with Crippen LogP contribution in [0.1, 0.15) is 12.0 Å². The zero-order valence-electron chi connectivity index (χ0n) is 9.80. The first kappa shape index (κ1) is 11.1. The Labute approximate surface area is 105 Å². The van der Waals surface area contributed by atoms with Crippen LogP contribution in [0.3, 0.4) is 0 Å². The van der Waals surface area contributed by atoms with Gasteiger partial charge in [0, 0.05) is 12.2 Å². The number of hydrogen-bond donors (Lipinski definition) is 1. The second-order valence-electron chi connectivity index (χ2n) is 4.51. The fraction of sp³-hybridized carbons (Fsp3) is 0.385. The van der Waals surface area contributed by atoms with Crippen molar-refractivity contribution in [3.63, 3.8) is 0 Å². The topological polar surface area (TPSA) is 65.4 Å². The number of anilines is 1. The van der Waals surface area contributed by atoms with Crippen LogP contribution in [-0.2, 0) is 4.74 Å². The molecule has 0 bridgehead atoms. The van der Waals surface area contributed by atoms with Crippen molar-refractivity contribution in [2.24, 2.45) is 0 Å². The first-order chi connectivity index (χ1) is 8.79. The number of fused-ring (bicyclic) bond motifs is 1. The van der Waals surface area contributed by atoms with Gasteiger partial charge in [0.1, 0.15) is 6.10 Å². The molecular formula is C13H13N3O2. The van der Waals surface area contributed by atoms with Gasteiger partial charge in [0.05, 0.1) is 17.7 Å². The van der Waals surface area contributed by atoms with E-state index in [0.29, 0.717) is 5.56 Å². The van der Waals surface area contributed by atoms with Crippen molar-refractivity contribution in [2.75, 3.05) is 18.0 Å². The van der Waals surface area contributed by atoms with E-state index in [4.69, 9.17) is 10.00 Å². The number of ether oxygens (including phenoxy) is 1. The molecule has 5 nitrogen and oxygen atoms in total. The standard InChI is InChI=1S/C13H13N3O2/c14-7-9-1-3-10(4-2-9)16-11-8-15-6-5-12(11)18-13(16)17/h1-4,11-12,15H,5-6,8H2. The summed E-state index contributed by atoms with van der Waals surface area (Å²) in [6, 6.07) is 9.13. The van der Waals surface area contributed by atoms with Crippen LogP contribution in [0.4, 0.5) is 10.5 Å². The van der Waals surface area contributed by atoms with Gasteiger partial charge < -0.3 is 10.1 Å². The number of carbonyl (C=O) groups excluding carboxylic acids is 1. The lowest BCUT2D eigenvalue weighted by molar-refractivity contribution is 0.117. The van der Waals surface area contributed by atoms with Gasteiger partial charge in [-0.25, -0.2) is 4.79 Å². The molecule has 0 aromatic heterocycles. The summed E-state index contributed by atoms with van der Waals surface area (Å²) in [6.07, 6.45) is 0.538. The summed E-state index contributed by atoms with van der Waals surface area (Å²) in [5, 5.41) is 12.0. The summed E-state index contributed by atoms with van der Waals surface area (Å²) in [6.45, 7) is 1.63. The van der Waals surface area contributed by atoms with Crippen molar-refractivity contribution < 1.29 is 9.53 Å². The van der Waals surface area contributed by atoms with Crippen molar-refractivity contribution in [2.45, 2.75) is 18.6 Å². The molecule has 2 aliphatic rings. The van der Waals surface area contributed by atoms with Crippen LogP contribution in [-0.4, -0.2) is 31.3 Å². The Bertz CT molecular complexity index is 506. The molecule has 0 spiro atoms. The molecule has 2 aliphatic heterocycles. The zero-order chi connectivity index (χ0) is 12.5. The molecule has 18 heavy (non-hydrogen) atoms. The zero-order valence-corrected chi connectivity index (χ0v) is 9.80. The summed E-state index contributed by atoms with van der Waals surface area (Å²) < 4.78 is 5.37. The third kappa shape index (κ3) is 1.71. The third-order valence-corrected chi connectivity index (χ3v) is 3.44. The van der Waals surface area contributed by atoms with Crippen LogP contribution >= 0.6 is 0 Å². The SMILES string of the molecule is N#Cc1ccc(N2C(=O)OC3CCNCC32)cc1. The lowest BCUT2D eigenvalue weighted by Crippen LogP contribution is -2.49. The van der Waals surface area contributed by atoms with Crippen molar-refractivity contribution in [1.82, 2.24) is 5.32 Å². The van der Waals surface area contributed by atoms with Gasteiger partial charge in [0.25, 0.3) is 0 Å². The molecule has 1 aromatic rings. The van der Waals surface area contributed by atoms with Gasteiger partial charge in [0.15, 0.2) is 0 Å². The molecule has 2 saturated heterocycles. The highest BCUT2D eigenvalue weighted by Gasteiger charge is 2.43. The first-order valence-corrected chi connectivity index (χ1v) is 6.00. The van der Waals surface area contributed by atoms with E-state index >= 15 is 0 Å². The van der Waals surface area contributed by atoms with E-state index in [1.807, 2.05) is 0 Å². The maximum atomic E-state index is 11.9. The van der Waals surface area contributed by atoms with E-state index in [2.05, 4.69) is 11.4 Å². The summed E-state index contributed by atoms with van der Waals surface area (Å²) in [7, 11) is 0. The second-order valence-corrected chi connectivity index (χ2v) is 4.51. The predicted molar refractivity (Wildman–Crippen MR) is 65.2 cm³/mol. The smallest absolute Gasteiger partial charge is 0.415 e. The average molecular weight is 243 g/mol. The van der Waals surface area contributed by atoms with E-state index in [9.17, 15) is 4.79 Å². The largest absolute Gasteiger partial charge is 0.444 e. The molecule has 0 saturated carbocycles. The Morgan fingerprint density at radius 2 is 2.17 bits per heavy atom. The maximum absolute atomic E-state index is 11.9. The molecule has 2 atom stereocenters. The third-order valence-electron chi connectivity index (χ3n) is 3.44. The van der Waals surface area contributed by atoms with Crippen LogP contribution in [0.5, 0.6) is 0 Å². The molecule has 1 amide bonds. The van der Waals surface area contributed by atoms with Crippen LogP contribution < -0.4 is 10.2 Å². The van der Waals surface area contributed by atoms with E-state index in [-0.39, 0.29) is 18.2 Å². The van der Waals surface area contributed by atoms with Gasteiger partial charge in [-0.2, -0.15) is 5.26 Å². The average Bonchev–Trinajstić information content (AvgIpc) is 2.75. The number of hydrogen-bond acceptors (Lipinski definition) is 4. The molecule has 0 radical (unpaired) electrons. The first-order valence-electron chi connectivity index (χ1n) is 6.00. The number of piperidine rings is 1. The Morgan fingerprint density at radius 1 is 1.39 bits per heavy atom. The van der Waals surface area contributed by atoms with Gasteiger partial charge in [0.2, 0.25) is 0 Å². The van der Waals surface area contributed by atoms with Gasteiger partial charge >= 0.3 is 6.09 Å². The second kappa shape index (κ2) is 4.31. The number of nitrogens with zero attached hydrogens (tertiary/aromatic N) is 2. The Hall–Kier alpha value is -2.06. The molecule has 2 heterocycles. The Kier molecular flexibility index (Phi) is 2.65. The molecule has 1 aromatic carbocycles. The maximum Gasteiger partial charge on any atom is 0.415 e. The van der Waals surface area contributed by atoms with Gasteiger partial charge in [-0.1, -0.05) is 0 Å².